The van der Waals surface area contributed by atoms with E-state index >= 15 is 0 Å². The fourth-order valence-electron chi connectivity index (χ4n) is 2.08. The molecule has 1 fully saturated rings. The fraction of sp³-hybridized carbons (Fsp3) is 0.333. The second-order valence-corrected chi connectivity index (χ2v) is 5.44. The summed E-state index contributed by atoms with van der Waals surface area (Å²) in [7, 11) is 0. The Morgan fingerprint density at radius 2 is 2.17 bits per heavy atom. The van der Waals surface area contributed by atoms with Gasteiger partial charge in [0.2, 0.25) is 0 Å². The molecule has 1 aliphatic heterocycles. The van der Waals surface area contributed by atoms with E-state index in [1.165, 1.54) is 4.90 Å². The number of amides is 1. The van der Waals surface area contributed by atoms with Crippen LogP contribution in [0.2, 0.25) is 5.02 Å². The Morgan fingerprint density at radius 1 is 1.44 bits per heavy atom. The second kappa shape index (κ2) is 5.28. The maximum Gasteiger partial charge on any atom is 0.326 e. The summed E-state index contributed by atoms with van der Waals surface area (Å²) in [5, 5.41) is 9.38. The number of nitrogens with zero attached hydrogens (tertiary/aromatic N) is 1. The fourth-order valence-corrected chi connectivity index (χ4v) is 2.84. The Balaban J connectivity index is 2.28. The molecule has 96 valence electrons. The van der Waals surface area contributed by atoms with Crippen LogP contribution in [0.5, 0.6) is 0 Å². The number of benzene rings is 1. The molecule has 0 aromatic heterocycles. The molecule has 1 saturated heterocycles. The molecule has 1 aromatic rings. The van der Waals surface area contributed by atoms with Crippen molar-refractivity contribution in [1.82, 2.24) is 4.90 Å². The van der Waals surface area contributed by atoms with Gasteiger partial charge in [-0.1, -0.05) is 27.5 Å². The van der Waals surface area contributed by atoms with Gasteiger partial charge >= 0.3 is 5.97 Å². The van der Waals surface area contributed by atoms with E-state index in [4.69, 9.17) is 16.7 Å². The van der Waals surface area contributed by atoms with Crippen LogP contribution in [0.4, 0.5) is 0 Å². The second-order valence-electron chi connectivity index (χ2n) is 4.12. The predicted octanol–water partition coefficient (Wildman–Crippen LogP) is 2.79. The van der Waals surface area contributed by atoms with Crippen molar-refractivity contribution >= 4 is 39.4 Å². The zero-order valence-electron chi connectivity index (χ0n) is 9.40. The Labute approximate surface area is 118 Å². The average molecular weight is 333 g/mol. The minimum Gasteiger partial charge on any atom is -0.480 e. The molecule has 1 heterocycles. The lowest BCUT2D eigenvalue weighted by atomic mass is 10.1. The SMILES string of the molecule is O=C(O)[C@H]1CCCN1C(=O)c1ccc(Br)cc1Cl. The molecule has 4 nitrogen and oxygen atoms in total. The van der Waals surface area contributed by atoms with Crippen LogP contribution in [0.3, 0.4) is 0 Å². The van der Waals surface area contributed by atoms with Gasteiger partial charge in [-0.2, -0.15) is 0 Å². The Morgan fingerprint density at radius 3 is 2.78 bits per heavy atom. The molecule has 1 aliphatic rings. The minimum absolute atomic E-state index is 0.322. The Bertz CT molecular complexity index is 506. The lowest BCUT2D eigenvalue weighted by Gasteiger charge is -2.21. The summed E-state index contributed by atoms with van der Waals surface area (Å²) in [5.74, 6) is -1.29. The summed E-state index contributed by atoms with van der Waals surface area (Å²) < 4.78 is 0.778. The number of aliphatic carboxylic acids is 1. The summed E-state index contributed by atoms with van der Waals surface area (Å²) in [6.45, 7) is 0.461. The summed E-state index contributed by atoms with van der Waals surface area (Å²) in [4.78, 5) is 24.7. The number of carbonyl (C=O) groups is 2. The number of halogens is 2. The number of hydrogen-bond acceptors (Lipinski definition) is 2. The largest absolute Gasteiger partial charge is 0.480 e. The van der Waals surface area contributed by atoms with Crippen LogP contribution >= 0.6 is 27.5 Å². The van der Waals surface area contributed by atoms with Gasteiger partial charge in [0.05, 0.1) is 10.6 Å². The number of carboxylic acid groups (broad SMARTS) is 1. The lowest BCUT2D eigenvalue weighted by Crippen LogP contribution is -2.40. The highest BCUT2D eigenvalue weighted by Crippen LogP contribution is 2.26. The number of rotatable bonds is 2. The van der Waals surface area contributed by atoms with Crippen LogP contribution in [0.1, 0.15) is 23.2 Å². The molecule has 0 unspecified atom stereocenters. The summed E-state index contributed by atoms with van der Waals surface area (Å²) in [6, 6.07) is 4.20. The van der Waals surface area contributed by atoms with Gasteiger partial charge in [-0.05, 0) is 31.0 Å². The third kappa shape index (κ3) is 2.52. The quantitative estimate of drug-likeness (QED) is 0.906. The van der Waals surface area contributed by atoms with Crippen molar-refractivity contribution in [2.75, 3.05) is 6.54 Å². The highest BCUT2D eigenvalue weighted by Gasteiger charge is 2.34. The molecule has 0 radical (unpaired) electrons. The van der Waals surface area contributed by atoms with Crippen LogP contribution < -0.4 is 0 Å². The van der Waals surface area contributed by atoms with Gasteiger partial charge in [0, 0.05) is 11.0 Å². The first-order valence-electron chi connectivity index (χ1n) is 5.49. The van der Waals surface area contributed by atoms with Crippen LogP contribution in [0.25, 0.3) is 0 Å². The molecule has 18 heavy (non-hydrogen) atoms. The third-order valence-corrected chi connectivity index (χ3v) is 3.77. The van der Waals surface area contributed by atoms with Crippen LogP contribution in [-0.4, -0.2) is 34.5 Å². The van der Waals surface area contributed by atoms with Crippen molar-refractivity contribution in [2.24, 2.45) is 0 Å². The van der Waals surface area contributed by atoms with E-state index in [9.17, 15) is 9.59 Å². The minimum atomic E-state index is -0.964. The van der Waals surface area contributed by atoms with Crippen molar-refractivity contribution in [3.8, 4) is 0 Å². The average Bonchev–Trinajstić information content (AvgIpc) is 2.77. The van der Waals surface area contributed by atoms with E-state index in [0.29, 0.717) is 30.0 Å². The third-order valence-electron chi connectivity index (χ3n) is 2.96. The van der Waals surface area contributed by atoms with Crippen molar-refractivity contribution < 1.29 is 14.7 Å². The number of carbonyl (C=O) groups excluding carboxylic acids is 1. The summed E-state index contributed by atoms with van der Waals surface area (Å²) in [6.07, 6.45) is 1.20. The molecule has 1 atom stereocenters. The topological polar surface area (TPSA) is 57.6 Å². The lowest BCUT2D eigenvalue weighted by molar-refractivity contribution is -0.141. The van der Waals surface area contributed by atoms with Gasteiger partial charge in [0.1, 0.15) is 6.04 Å². The molecule has 1 aromatic carbocycles. The zero-order valence-corrected chi connectivity index (χ0v) is 11.7. The van der Waals surface area contributed by atoms with Crippen LogP contribution in [0, 0.1) is 0 Å². The maximum atomic E-state index is 12.3. The zero-order chi connectivity index (χ0) is 13.3. The van der Waals surface area contributed by atoms with Gasteiger partial charge in [-0.3, -0.25) is 4.79 Å². The van der Waals surface area contributed by atoms with Crippen molar-refractivity contribution in [3.05, 3.63) is 33.3 Å². The summed E-state index contributed by atoms with van der Waals surface area (Å²) in [5.41, 5.74) is 0.341. The Kier molecular flexibility index (Phi) is 3.92. The molecule has 6 heteroatoms. The highest BCUT2D eigenvalue weighted by molar-refractivity contribution is 9.10. The van der Waals surface area contributed by atoms with Gasteiger partial charge in [0.25, 0.3) is 5.91 Å². The molecule has 0 spiro atoms. The smallest absolute Gasteiger partial charge is 0.326 e. The molecular formula is C12H11BrClNO3. The van der Waals surface area contributed by atoms with Crippen molar-refractivity contribution in [3.63, 3.8) is 0 Å². The first-order valence-corrected chi connectivity index (χ1v) is 6.66. The molecule has 0 bridgehead atoms. The normalized spacial score (nSPS) is 19.0. The van der Waals surface area contributed by atoms with Gasteiger partial charge in [0.15, 0.2) is 0 Å². The van der Waals surface area contributed by atoms with E-state index in [1.807, 2.05) is 0 Å². The number of carboxylic acids is 1. The van der Waals surface area contributed by atoms with Gasteiger partial charge in [-0.25, -0.2) is 4.79 Å². The maximum absolute atomic E-state index is 12.3. The molecule has 1 N–H and O–H groups in total. The van der Waals surface area contributed by atoms with Gasteiger partial charge in [-0.15, -0.1) is 0 Å². The Hall–Kier alpha value is -1.07. The molecule has 0 saturated carbocycles. The first-order chi connectivity index (χ1) is 8.50. The standard InChI is InChI=1S/C12H11BrClNO3/c13-7-3-4-8(9(14)6-7)11(16)15-5-1-2-10(15)12(17)18/h3-4,6,10H,1-2,5H2,(H,17,18)/t10-/m1/s1. The number of hydrogen-bond donors (Lipinski definition) is 1. The van der Waals surface area contributed by atoms with E-state index in [-0.39, 0.29) is 5.91 Å². The molecule has 0 aliphatic carbocycles. The van der Waals surface area contributed by atoms with Crippen molar-refractivity contribution in [2.45, 2.75) is 18.9 Å². The molecule has 2 rings (SSSR count). The first kappa shape index (κ1) is 13.4. The highest BCUT2D eigenvalue weighted by atomic mass is 79.9. The van der Waals surface area contributed by atoms with E-state index in [0.717, 1.165) is 4.47 Å². The van der Waals surface area contributed by atoms with Crippen molar-refractivity contribution in [1.29, 1.82) is 0 Å². The van der Waals surface area contributed by atoms with Gasteiger partial charge < -0.3 is 10.0 Å². The van der Waals surface area contributed by atoms with E-state index < -0.39 is 12.0 Å². The van der Waals surface area contributed by atoms with Crippen LogP contribution in [-0.2, 0) is 4.79 Å². The molecular weight excluding hydrogens is 321 g/mol. The van der Waals surface area contributed by atoms with E-state index in [2.05, 4.69) is 15.9 Å². The van der Waals surface area contributed by atoms with E-state index in [1.54, 1.807) is 18.2 Å². The summed E-state index contributed by atoms with van der Waals surface area (Å²) >= 11 is 9.27. The predicted molar refractivity (Wildman–Crippen MR) is 70.8 cm³/mol. The van der Waals surface area contributed by atoms with Crippen LogP contribution in [0.15, 0.2) is 22.7 Å². The monoisotopic (exact) mass is 331 g/mol. The number of likely N-dealkylation sites (tertiary alicyclic amines) is 1. The molecule has 1 amide bonds.